The second-order valence-electron chi connectivity index (χ2n) is 2.93. The van der Waals surface area contributed by atoms with Crippen LogP contribution in [0.3, 0.4) is 0 Å². The van der Waals surface area contributed by atoms with Crippen LogP contribution >= 0.6 is 0 Å². The summed E-state index contributed by atoms with van der Waals surface area (Å²) in [6, 6.07) is 0. The first-order chi connectivity index (χ1) is 6.59. The predicted octanol–water partition coefficient (Wildman–Crippen LogP) is -0.157. The van der Waals surface area contributed by atoms with Crippen molar-refractivity contribution in [3.63, 3.8) is 0 Å². The molecule has 0 fully saturated rings. The Balaban J connectivity index is 2.46. The van der Waals surface area contributed by atoms with Crippen LogP contribution in [0.4, 0.5) is 0 Å². The van der Waals surface area contributed by atoms with Crippen molar-refractivity contribution in [3.8, 4) is 0 Å². The average Bonchev–Trinajstić information content (AvgIpc) is 2.55. The number of rotatable bonds is 4. The van der Waals surface area contributed by atoms with Crippen molar-refractivity contribution >= 4 is 11.9 Å². The van der Waals surface area contributed by atoms with Crippen molar-refractivity contribution in [1.82, 2.24) is 15.1 Å². The zero-order chi connectivity index (χ0) is 10.6. The number of carbonyl (C=O) groups excluding carboxylic acids is 1. The van der Waals surface area contributed by atoms with Gasteiger partial charge in [0.25, 0.3) is 0 Å². The van der Waals surface area contributed by atoms with E-state index in [1.54, 1.807) is 19.4 Å². The highest BCUT2D eigenvalue weighted by Gasteiger charge is 2.13. The lowest BCUT2D eigenvalue weighted by molar-refractivity contribution is -0.143. The number of H-pyrrole nitrogens is 1. The van der Waals surface area contributed by atoms with E-state index in [4.69, 9.17) is 5.11 Å². The lowest BCUT2D eigenvalue weighted by atomic mass is 10.3. The fraction of sp³-hybridized carbons (Fsp3) is 0.375. The summed E-state index contributed by atoms with van der Waals surface area (Å²) in [5.41, 5.74) is 0.839. The highest BCUT2D eigenvalue weighted by Crippen LogP contribution is 2.01. The zero-order valence-corrected chi connectivity index (χ0v) is 7.73. The Hall–Kier alpha value is -1.85. The summed E-state index contributed by atoms with van der Waals surface area (Å²) in [5.74, 6) is -1.53. The summed E-state index contributed by atoms with van der Waals surface area (Å²) in [6.45, 7) is 0.364. The van der Waals surface area contributed by atoms with Gasteiger partial charge < -0.3 is 10.0 Å². The van der Waals surface area contributed by atoms with Gasteiger partial charge in [0.05, 0.1) is 6.20 Å². The zero-order valence-electron chi connectivity index (χ0n) is 7.73. The van der Waals surface area contributed by atoms with Crippen molar-refractivity contribution in [2.75, 3.05) is 7.05 Å². The molecule has 1 aromatic heterocycles. The van der Waals surface area contributed by atoms with Gasteiger partial charge >= 0.3 is 5.97 Å². The molecule has 0 spiro atoms. The van der Waals surface area contributed by atoms with Gasteiger partial charge in [0.2, 0.25) is 5.91 Å². The molecule has 6 heteroatoms. The summed E-state index contributed by atoms with van der Waals surface area (Å²) in [5, 5.41) is 14.7. The molecule has 0 aliphatic heterocycles. The van der Waals surface area contributed by atoms with E-state index < -0.39 is 18.3 Å². The number of carbonyl (C=O) groups is 2. The fourth-order valence-electron chi connectivity index (χ4n) is 0.990. The maximum Gasteiger partial charge on any atom is 0.312 e. The summed E-state index contributed by atoms with van der Waals surface area (Å²) in [7, 11) is 1.55. The van der Waals surface area contributed by atoms with Crippen LogP contribution < -0.4 is 0 Å². The maximum atomic E-state index is 11.2. The van der Waals surface area contributed by atoms with Crippen molar-refractivity contribution in [2.24, 2.45) is 0 Å². The van der Waals surface area contributed by atoms with Crippen molar-refractivity contribution in [2.45, 2.75) is 13.0 Å². The predicted molar refractivity (Wildman–Crippen MR) is 47.3 cm³/mol. The van der Waals surface area contributed by atoms with Crippen LogP contribution in [0.1, 0.15) is 12.0 Å². The van der Waals surface area contributed by atoms with Gasteiger partial charge in [0.1, 0.15) is 6.42 Å². The van der Waals surface area contributed by atoms with Gasteiger partial charge in [-0.2, -0.15) is 5.10 Å². The third kappa shape index (κ3) is 2.89. The lowest BCUT2D eigenvalue weighted by Crippen LogP contribution is -2.27. The smallest absolute Gasteiger partial charge is 0.312 e. The number of hydrogen-bond acceptors (Lipinski definition) is 3. The Morgan fingerprint density at radius 3 is 2.86 bits per heavy atom. The van der Waals surface area contributed by atoms with Gasteiger partial charge in [-0.3, -0.25) is 14.7 Å². The van der Waals surface area contributed by atoms with Crippen LogP contribution in [-0.2, 0) is 16.1 Å². The largest absolute Gasteiger partial charge is 0.481 e. The number of aliphatic carboxylic acids is 1. The van der Waals surface area contributed by atoms with Crippen molar-refractivity contribution < 1.29 is 14.7 Å². The van der Waals surface area contributed by atoms with E-state index >= 15 is 0 Å². The van der Waals surface area contributed by atoms with Gasteiger partial charge in [0.15, 0.2) is 0 Å². The van der Waals surface area contributed by atoms with Gasteiger partial charge in [-0.25, -0.2) is 0 Å². The van der Waals surface area contributed by atoms with E-state index in [1.165, 1.54) is 4.90 Å². The van der Waals surface area contributed by atoms with Crippen LogP contribution in [0.15, 0.2) is 12.4 Å². The van der Waals surface area contributed by atoms with Gasteiger partial charge in [-0.05, 0) is 0 Å². The maximum absolute atomic E-state index is 11.2. The van der Waals surface area contributed by atoms with E-state index in [0.29, 0.717) is 6.54 Å². The lowest BCUT2D eigenvalue weighted by Gasteiger charge is -2.14. The number of aromatic nitrogens is 2. The summed E-state index contributed by atoms with van der Waals surface area (Å²) in [4.78, 5) is 22.8. The molecule has 0 atom stereocenters. The number of carboxylic acids is 1. The van der Waals surface area contributed by atoms with Crippen LogP contribution in [0.25, 0.3) is 0 Å². The molecule has 14 heavy (non-hydrogen) atoms. The first kappa shape index (κ1) is 10.2. The van der Waals surface area contributed by atoms with E-state index in [0.717, 1.165) is 5.56 Å². The molecular formula is C8H11N3O3. The molecule has 1 heterocycles. The Morgan fingerprint density at radius 2 is 2.36 bits per heavy atom. The SMILES string of the molecule is CN(Cc1cn[nH]c1)C(=O)CC(=O)O. The molecule has 6 nitrogen and oxygen atoms in total. The highest BCUT2D eigenvalue weighted by molar-refractivity contribution is 5.93. The number of nitrogens with zero attached hydrogens (tertiary/aromatic N) is 2. The molecule has 0 unspecified atom stereocenters. The van der Waals surface area contributed by atoms with E-state index in [2.05, 4.69) is 10.2 Å². The standard InChI is InChI=1S/C8H11N3O3/c1-11(7(12)2-8(13)14)5-6-3-9-10-4-6/h3-4H,2,5H2,1H3,(H,9,10)(H,13,14). The molecule has 0 bridgehead atoms. The minimum atomic E-state index is -1.12. The minimum absolute atomic E-state index is 0.364. The van der Waals surface area contributed by atoms with E-state index in [-0.39, 0.29) is 0 Å². The van der Waals surface area contributed by atoms with Gasteiger partial charge in [-0.1, -0.05) is 0 Å². The molecule has 0 aromatic carbocycles. The molecule has 0 saturated carbocycles. The van der Waals surface area contributed by atoms with Crippen LogP contribution in [0.2, 0.25) is 0 Å². The van der Waals surface area contributed by atoms with Crippen LogP contribution in [0.5, 0.6) is 0 Å². The monoisotopic (exact) mass is 197 g/mol. The van der Waals surface area contributed by atoms with E-state index in [9.17, 15) is 9.59 Å². The Bertz CT molecular complexity index is 321. The van der Waals surface area contributed by atoms with Crippen LogP contribution in [0, 0.1) is 0 Å². The molecule has 2 N–H and O–H groups in total. The first-order valence-electron chi connectivity index (χ1n) is 4.03. The molecule has 76 valence electrons. The van der Waals surface area contributed by atoms with Gasteiger partial charge in [0, 0.05) is 25.4 Å². The summed E-state index contributed by atoms with van der Waals surface area (Å²) >= 11 is 0. The number of carboxylic acid groups (broad SMARTS) is 1. The minimum Gasteiger partial charge on any atom is -0.481 e. The molecule has 1 aromatic rings. The number of hydrogen-bond donors (Lipinski definition) is 2. The fourth-order valence-corrected chi connectivity index (χ4v) is 0.990. The number of amides is 1. The molecule has 0 aliphatic rings. The summed E-state index contributed by atoms with van der Waals surface area (Å²) < 4.78 is 0. The number of nitrogens with one attached hydrogen (secondary N) is 1. The van der Waals surface area contributed by atoms with Crippen molar-refractivity contribution in [3.05, 3.63) is 18.0 Å². The Morgan fingerprint density at radius 1 is 1.64 bits per heavy atom. The van der Waals surface area contributed by atoms with E-state index in [1.807, 2.05) is 0 Å². The molecule has 0 aliphatic carbocycles. The highest BCUT2D eigenvalue weighted by atomic mass is 16.4. The third-order valence-corrected chi connectivity index (χ3v) is 1.70. The Labute approximate surface area is 80.5 Å². The Kier molecular flexibility index (Phi) is 3.22. The normalized spacial score (nSPS) is 9.79. The second kappa shape index (κ2) is 4.40. The molecular weight excluding hydrogens is 186 g/mol. The topological polar surface area (TPSA) is 86.3 Å². The molecule has 1 rings (SSSR count). The quantitative estimate of drug-likeness (QED) is 0.657. The average molecular weight is 197 g/mol. The van der Waals surface area contributed by atoms with Crippen molar-refractivity contribution in [1.29, 1.82) is 0 Å². The molecule has 1 amide bonds. The molecule has 0 radical (unpaired) electrons. The first-order valence-corrected chi connectivity index (χ1v) is 4.03. The van der Waals surface area contributed by atoms with Gasteiger partial charge in [-0.15, -0.1) is 0 Å². The summed E-state index contributed by atoms with van der Waals surface area (Å²) in [6.07, 6.45) is 2.77. The number of aromatic amines is 1. The molecule has 0 saturated heterocycles. The third-order valence-electron chi connectivity index (χ3n) is 1.70. The van der Waals surface area contributed by atoms with Crippen LogP contribution in [-0.4, -0.2) is 39.1 Å². The second-order valence-corrected chi connectivity index (χ2v) is 2.93.